The van der Waals surface area contributed by atoms with Crippen molar-refractivity contribution in [3.8, 4) is 0 Å². The highest BCUT2D eigenvalue weighted by Gasteiger charge is 2.02. The lowest BCUT2D eigenvalue weighted by molar-refractivity contribution is 0.729. The van der Waals surface area contributed by atoms with E-state index in [1.54, 1.807) is 4.68 Å². The predicted molar refractivity (Wildman–Crippen MR) is 41.0 cm³/mol. The van der Waals surface area contributed by atoms with Gasteiger partial charge in [-0.2, -0.15) is 5.10 Å². The largest absolute Gasteiger partial charge is 0.264 e. The molecule has 0 N–H and O–H groups in total. The molecule has 1 heterocycles. The lowest BCUT2D eigenvalue weighted by Crippen LogP contribution is -1.90. The molecular formula is C7H10ClN2. The van der Waals surface area contributed by atoms with E-state index in [-0.39, 0.29) is 0 Å². The van der Waals surface area contributed by atoms with Crippen molar-refractivity contribution >= 4 is 11.6 Å². The molecule has 0 amide bonds. The molecule has 0 saturated heterocycles. The second kappa shape index (κ2) is 3.06. The summed E-state index contributed by atoms with van der Waals surface area (Å²) in [4.78, 5) is 0. The van der Waals surface area contributed by atoms with Gasteiger partial charge in [-0.1, -0.05) is 24.9 Å². The molecule has 1 rings (SSSR count). The summed E-state index contributed by atoms with van der Waals surface area (Å²) in [5.41, 5.74) is 0.951. The number of halogens is 1. The Morgan fingerprint density at radius 3 is 2.80 bits per heavy atom. The van der Waals surface area contributed by atoms with Crippen molar-refractivity contribution in [2.45, 2.75) is 19.8 Å². The summed E-state index contributed by atoms with van der Waals surface area (Å²) in [6, 6.07) is 0. The maximum Gasteiger partial charge on any atom is 0.106 e. The van der Waals surface area contributed by atoms with Crippen LogP contribution < -0.4 is 0 Å². The molecule has 1 radical (unpaired) electrons. The number of aromatic nitrogens is 2. The Morgan fingerprint density at radius 2 is 2.40 bits per heavy atom. The summed E-state index contributed by atoms with van der Waals surface area (Å²) in [5.74, 6) is 0. The highest BCUT2D eigenvalue weighted by atomic mass is 35.5. The summed E-state index contributed by atoms with van der Waals surface area (Å²) < 4.78 is 1.62. The van der Waals surface area contributed by atoms with E-state index < -0.39 is 0 Å². The fraction of sp³-hybridized carbons (Fsp3) is 0.571. The van der Waals surface area contributed by atoms with Crippen LogP contribution in [0.15, 0.2) is 0 Å². The average molecular weight is 158 g/mol. The van der Waals surface area contributed by atoms with Crippen LogP contribution in [0.4, 0.5) is 0 Å². The first-order valence-electron chi connectivity index (χ1n) is 3.34. The van der Waals surface area contributed by atoms with Crippen LogP contribution in [0, 0.1) is 6.20 Å². The van der Waals surface area contributed by atoms with Crippen molar-refractivity contribution in [2.24, 2.45) is 7.05 Å². The number of hydrogen-bond acceptors (Lipinski definition) is 1. The molecule has 3 heteroatoms. The Kier molecular flexibility index (Phi) is 2.33. The molecule has 10 heavy (non-hydrogen) atoms. The lowest BCUT2D eigenvalue weighted by atomic mass is 10.3. The summed E-state index contributed by atoms with van der Waals surface area (Å²) in [6.45, 7) is 2.10. The van der Waals surface area contributed by atoms with E-state index in [4.69, 9.17) is 11.6 Å². The maximum absolute atomic E-state index is 5.78. The van der Waals surface area contributed by atoms with E-state index in [0.29, 0.717) is 5.02 Å². The summed E-state index contributed by atoms with van der Waals surface area (Å²) in [7, 11) is 1.82. The minimum atomic E-state index is 0.657. The van der Waals surface area contributed by atoms with E-state index in [9.17, 15) is 0 Å². The van der Waals surface area contributed by atoms with E-state index in [1.165, 1.54) is 0 Å². The Labute approximate surface area is 65.8 Å². The van der Waals surface area contributed by atoms with Crippen LogP contribution in [0.3, 0.4) is 0 Å². The summed E-state index contributed by atoms with van der Waals surface area (Å²) >= 11 is 5.78. The van der Waals surface area contributed by atoms with Gasteiger partial charge in [-0.05, 0) is 6.42 Å². The van der Waals surface area contributed by atoms with Gasteiger partial charge in [0.15, 0.2) is 0 Å². The SMILES string of the molecule is CCCc1nn(C)[c]c1Cl. The Balaban J connectivity index is 2.81. The lowest BCUT2D eigenvalue weighted by Gasteiger charge is -1.89. The molecule has 2 nitrogen and oxygen atoms in total. The Hall–Kier alpha value is -0.500. The van der Waals surface area contributed by atoms with Crippen LogP contribution >= 0.6 is 11.6 Å². The second-order valence-corrected chi connectivity index (χ2v) is 2.62. The van der Waals surface area contributed by atoms with Crippen LogP contribution in [-0.2, 0) is 13.5 Å². The molecule has 55 valence electrons. The molecule has 1 aromatic heterocycles. The first kappa shape index (κ1) is 7.61. The van der Waals surface area contributed by atoms with Crippen LogP contribution in [0.1, 0.15) is 19.0 Å². The van der Waals surface area contributed by atoms with Crippen LogP contribution in [0.25, 0.3) is 0 Å². The third-order valence-corrected chi connectivity index (χ3v) is 1.57. The van der Waals surface area contributed by atoms with Gasteiger partial charge in [0.25, 0.3) is 0 Å². The Morgan fingerprint density at radius 1 is 1.70 bits per heavy atom. The number of aryl methyl sites for hydroxylation is 2. The van der Waals surface area contributed by atoms with Crippen molar-refractivity contribution < 1.29 is 0 Å². The van der Waals surface area contributed by atoms with E-state index >= 15 is 0 Å². The minimum absolute atomic E-state index is 0.657. The molecule has 0 aromatic carbocycles. The standard InChI is InChI=1S/C7H10ClN2/c1-3-4-7-6(8)5-10(2)9-7/h3-4H2,1-2H3. The van der Waals surface area contributed by atoms with Crippen LogP contribution in [-0.4, -0.2) is 9.78 Å². The van der Waals surface area contributed by atoms with Gasteiger partial charge in [0.1, 0.15) is 6.20 Å². The van der Waals surface area contributed by atoms with E-state index in [1.807, 2.05) is 7.05 Å². The molecule has 0 aliphatic heterocycles. The fourth-order valence-electron chi connectivity index (χ4n) is 0.853. The second-order valence-electron chi connectivity index (χ2n) is 2.25. The number of rotatable bonds is 2. The molecule has 1 aromatic rings. The zero-order valence-corrected chi connectivity index (χ0v) is 6.94. The van der Waals surface area contributed by atoms with E-state index in [2.05, 4.69) is 18.2 Å². The topological polar surface area (TPSA) is 17.8 Å². The zero-order chi connectivity index (χ0) is 7.56. The zero-order valence-electron chi connectivity index (χ0n) is 6.19. The molecule has 0 saturated carbocycles. The van der Waals surface area contributed by atoms with Crippen LogP contribution in [0.5, 0.6) is 0 Å². The van der Waals surface area contributed by atoms with Crippen molar-refractivity contribution in [3.63, 3.8) is 0 Å². The van der Waals surface area contributed by atoms with Crippen molar-refractivity contribution in [3.05, 3.63) is 16.9 Å². The van der Waals surface area contributed by atoms with Crippen molar-refractivity contribution in [1.82, 2.24) is 9.78 Å². The van der Waals surface area contributed by atoms with Gasteiger partial charge in [0.2, 0.25) is 0 Å². The van der Waals surface area contributed by atoms with Gasteiger partial charge in [-0.15, -0.1) is 0 Å². The highest BCUT2D eigenvalue weighted by Crippen LogP contribution is 2.13. The van der Waals surface area contributed by atoms with Gasteiger partial charge >= 0.3 is 0 Å². The molecule has 0 unspecified atom stereocenters. The number of hydrogen-bond donors (Lipinski definition) is 0. The smallest absolute Gasteiger partial charge is 0.106 e. The van der Waals surface area contributed by atoms with Gasteiger partial charge < -0.3 is 0 Å². The average Bonchev–Trinajstić information content (AvgIpc) is 2.13. The molecule has 0 aliphatic carbocycles. The van der Waals surface area contributed by atoms with E-state index in [0.717, 1.165) is 18.5 Å². The fourth-order valence-corrected chi connectivity index (χ4v) is 1.11. The van der Waals surface area contributed by atoms with Gasteiger partial charge in [-0.3, -0.25) is 4.68 Å². The van der Waals surface area contributed by atoms with Gasteiger partial charge in [0, 0.05) is 7.05 Å². The quantitative estimate of drug-likeness (QED) is 0.641. The highest BCUT2D eigenvalue weighted by molar-refractivity contribution is 6.30. The summed E-state index contributed by atoms with van der Waals surface area (Å²) in [5, 5.41) is 4.79. The maximum atomic E-state index is 5.78. The minimum Gasteiger partial charge on any atom is -0.264 e. The monoisotopic (exact) mass is 157 g/mol. The normalized spacial score (nSPS) is 10.3. The van der Waals surface area contributed by atoms with Crippen molar-refractivity contribution in [1.29, 1.82) is 0 Å². The first-order chi connectivity index (χ1) is 4.74. The third kappa shape index (κ3) is 1.51. The molecule has 0 fully saturated rings. The first-order valence-corrected chi connectivity index (χ1v) is 3.72. The Bertz CT molecular complexity index is 217. The molecule has 0 aliphatic rings. The molecule has 0 bridgehead atoms. The summed E-state index contributed by atoms with van der Waals surface area (Å²) in [6.07, 6.45) is 4.88. The third-order valence-electron chi connectivity index (χ3n) is 1.27. The number of nitrogens with zero attached hydrogens (tertiary/aromatic N) is 2. The molecule has 0 spiro atoms. The predicted octanol–water partition coefficient (Wildman–Crippen LogP) is 1.83. The molecular weight excluding hydrogens is 148 g/mol. The van der Waals surface area contributed by atoms with Crippen molar-refractivity contribution in [2.75, 3.05) is 0 Å². The van der Waals surface area contributed by atoms with Gasteiger partial charge in [-0.25, -0.2) is 0 Å². The van der Waals surface area contributed by atoms with Crippen LogP contribution in [0.2, 0.25) is 5.02 Å². The van der Waals surface area contributed by atoms with Gasteiger partial charge in [0.05, 0.1) is 10.7 Å². The molecule has 0 atom stereocenters.